The number of nitrogens with one attached hydrogen (secondary N) is 2. The normalized spacial score (nSPS) is 14.2. The molecule has 0 unspecified atom stereocenters. The van der Waals surface area contributed by atoms with Crippen LogP contribution in [0.25, 0.3) is 0 Å². The van der Waals surface area contributed by atoms with E-state index in [4.69, 9.17) is 11.6 Å². The molecule has 7 nitrogen and oxygen atoms in total. The van der Waals surface area contributed by atoms with E-state index in [1.807, 2.05) is 0 Å². The summed E-state index contributed by atoms with van der Waals surface area (Å²) in [6.45, 7) is -0.107. The number of anilines is 2. The summed E-state index contributed by atoms with van der Waals surface area (Å²) < 4.78 is 0. The first-order chi connectivity index (χ1) is 14.5. The van der Waals surface area contributed by atoms with Crippen molar-refractivity contribution >= 4 is 51.5 Å². The van der Waals surface area contributed by atoms with E-state index in [2.05, 4.69) is 15.6 Å². The van der Waals surface area contributed by atoms with Crippen molar-refractivity contribution in [3.8, 4) is 0 Å². The molecular formula is C21H25ClN4O3S. The van der Waals surface area contributed by atoms with Crippen molar-refractivity contribution in [2.45, 2.75) is 51.0 Å². The molecule has 2 aromatic rings. The number of carbonyl (C=O) groups excluding carboxylic acids is 3. The number of rotatable bonds is 8. The molecule has 3 amide bonds. The molecule has 2 N–H and O–H groups in total. The summed E-state index contributed by atoms with van der Waals surface area (Å²) in [5.74, 6) is -0.816. The average molecular weight is 449 g/mol. The first-order valence-electron chi connectivity index (χ1n) is 10.1. The molecule has 3 rings (SSSR count). The van der Waals surface area contributed by atoms with Crippen LogP contribution in [-0.4, -0.2) is 35.3 Å². The van der Waals surface area contributed by atoms with Gasteiger partial charge in [0, 0.05) is 41.2 Å². The maximum atomic E-state index is 12.9. The molecule has 0 atom stereocenters. The van der Waals surface area contributed by atoms with Gasteiger partial charge in [-0.2, -0.15) is 0 Å². The van der Waals surface area contributed by atoms with Crippen molar-refractivity contribution in [2.75, 3.05) is 16.8 Å². The Morgan fingerprint density at radius 3 is 2.63 bits per heavy atom. The van der Waals surface area contributed by atoms with Crippen LogP contribution in [0.4, 0.5) is 10.8 Å². The first-order valence-corrected chi connectivity index (χ1v) is 11.3. The van der Waals surface area contributed by atoms with Gasteiger partial charge in [-0.15, -0.1) is 11.3 Å². The van der Waals surface area contributed by atoms with Crippen molar-refractivity contribution in [3.05, 3.63) is 40.9 Å². The van der Waals surface area contributed by atoms with Gasteiger partial charge >= 0.3 is 0 Å². The lowest BCUT2D eigenvalue weighted by Gasteiger charge is -2.26. The van der Waals surface area contributed by atoms with Crippen LogP contribution in [-0.2, 0) is 14.4 Å². The summed E-state index contributed by atoms with van der Waals surface area (Å²) in [4.78, 5) is 43.0. The van der Waals surface area contributed by atoms with Crippen molar-refractivity contribution in [2.24, 2.45) is 0 Å². The minimum Gasteiger partial charge on any atom is -0.352 e. The third-order valence-electron chi connectivity index (χ3n) is 4.94. The van der Waals surface area contributed by atoms with E-state index in [0.717, 1.165) is 25.7 Å². The van der Waals surface area contributed by atoms with Crippen LogP contribution in [0, 0.1) is 0 Å². The van der Waals surface area contributed by atoms with E-state index in [-0.39, 0.29) is 43.1 Å². The molecule has 9 heteroatoms. The molecule has 1 aliphatic carbocycles. The fourth-order valence-electron chi connectivity index (χ4n) is 3.45. The number of thiazole rings is 1. The molecule has 0 radical (unpaired) electrons. The number of amides is 3. The summed E-state index contributed by atoms with van der Waals surface area (Å²) >= 11 is 7.39. The summed E-state index contributed by atoms with van der Waals surface area (Å²) in [5, 5.41) is 8.41. The number of carbonyl (C=O) groups is 3. The second-order valence-electron chi connectivity index (χ2n) is 7.25. The van der Waals surface area contributed by atoms with Crippen molar-refractivity contribution in [3.63, 3.8) is 0 Å². The topological polar surface area (TPSA) is 91.4 Å². The van der Waals surface area contributed by atoms with Gasteiger partial charge in [0.05, 0.1) is 0 Å². The summed E-state index contributed by atoms with van der Waals surface area (Å²) in [7, 11) is 0. The van der Waals surface area contributed by atoms with Crippen molar-refractivity contribution < 1.29 is 14.4 Å². The van der Waals surface area contributed by atoms with Gasteiger partial charge in [-0.25, -0.2) is 4.98 Å². The number of halogens is 1. The predicted octanol–water partition coefficient (Wildman–Crippen LogP) is 4.00. The minimum absolute atomic E-state index is 0.000275. The highest BCUT2D eigenvalue weighted by molar-refractivity contribution is 7.13. The van der Waals surface area contributed by atoms with Gasteiger partial charge in [-0.3, -0.25) is 14.4 Å². The molecule has 1 aromatic carbocycles. The fraction of sp³-hybridized carbons (Fsp3) is 0.429. The van der Waals surface area contributed by atoms with E-state index in [0.29, 0.717) is 15.8 Å². The molecule has 0 spiro atoms. The Morgan fingerprint density at radius 2 is 1.93 bits per heavy atom. The Labute approximate surface area is 184 Å². The van der Waals surface area contributed by atoms with Gasteiger partial charge in [0.25, 0.3) is 0 Å². The number of benzene rings is 1. The Balaban J connectivity index is 1.61. The summed E-state index contributed by atoms with van der Waals surface area (Å²) in [6.07, 6.45) is 6.91. The smallest absolute Gasteiger partial charge is 0.240 e. The molecule has 160 valence electrons. The van der Waals surface area contributed by atoms with E-state index < -0.39 is 0 Å². The molecule has 0 aliphatic heterocycles. The molecule has 1 saturated carbocycles. The predicted molar refractivity (Wildman–Crippen MR) is 119 cm³/mol. The van der Waals surface area contributed by atoms with Gasteiger partial charge in [-0.05, 0) is 31.0 Å². The standard InChI is InChI=1S/C21H25ClN4O3S/c22-15-5-4-8-17(13-15)26(14-19(28)24-16-6-2-1-3-7-16)20(29)10-9-18(27)25-21-23-11-12-30-21/h4-5,8,11-13,16H,1-3,6-7,9-10,14H2,(H,24,28)(H,23,25,27). The van der Waals surface area contributed by atoms with Crippen LogP contribution in [0.2, 0.25) is 5.02 Å². The van der Waals surface area contributed by atoms with Gasteiger partial charge < -0.3 is 15.5 Å². The van der Waals surface area contributed by atoms with Gasteiger partial charge in [-0.1, -0.05) is 36.9 Å². The van der Waals surface area contributed by atoms with Crippen LogP contribution < -0.4 is 15.5 Å². The number of hydrogen-bond donors (Lipinski definition) is 2. The Kier molecular flexibility index (Phi) is 8.21. The lowest BCUT2D eigenvalue weighted by atomic mass is 9.95. The van der Waals surface area contributed by atoms with Crippen LogP contribution in [0.1, 0.15) is 44.9 Å². The molecule has 0 bridgehead atoms. The largest absolute Gasteiger partial charge is 0.352 e. The second kappa shape index (κ2) is 11.1. The SMILES string of the molecule is O=C(CCC(=O)N(CC(=O)NC1CCCCC1)c1cccc(Cl)c1)Nc1nccs1. The van der Waals surface area contributed by atoms with Crippen molar-refractivity contribution in [1.82, 2.24) is 10.3 Å². The monoisotopic (exact) mass is 448 g/mol. The highest BCUT2D eigenvalue weighted by Crippen LogP contribution is 2.21. The third kappa shape index (κ3) is 6.81. The van der Waals surface area contributed by atoms with Crippen LogP contribution in [0.3, 0.4) is 0 Å². The zero-order chi connectivity index (χ0) is 21.3. The number of nitrogens with zero attached hydrogens (tertiary/aromatic N) is 2. The van der Waals surface area contributed by atoms with E-state index >= 15 is 0 Å². The van der Waals surface area contributed by atoms with Crippen LogP contribution in [0.15, 0.2) is 35.8 Å². The van der Waals surface area contributed by atoms with E-state index in [1.165, 1.54) is 22.7 Å². The fourth-order valence-corrected chi connectivity index (χ4v) is 4.18. The lowest BCUT2D eigenvalue weighted by molar-refractivity contribution is -0.125. The van der Waals surface area contributed by atoms with Crippen LogP contribution in [0.5, 0.6) is 0 Å². The van der Waals surface area contributed by atoms with E-state index in [1.54, 1.807) is 35.8 Å². The molecule has 1 heterocycles. The van der Waals surface area contributed by atoms with Gasteiger partial charge in [0.1, 0.15) is 6.54 Å². The molecule has 1 aliphatic rings. The molecule has 30 heavy (non-hydrogen) atoms. The van der Waals surface area contributed by atoms with Crippen LogP contribution >= 0.6 is 22.9 Å². The number of hydrogen-bond acceptors (Lipinski definition) is 5. The van der Waals surface area contributed by atoms with Crippen molar-refractivity contribution in [1.29, 1.82) is 0 Å². The second-order valence-corrected chi connectivity index (χ2v) is 8.58. The molecule has 1 fully saturated rings. The molecule has 0 saturated heterocycles. The highest BCUT2D eigenvalue weighted by atomic mass is 35.5. The Morgan fingerprint density at radius 1 is 1.13 bits per heavy atom. The first kappa shape index (κ1) is 22.2. The van der Waals surface area contributed by atoms with Gasteiger partial charge in [0.15, 0.2) is 5.13 Å². The molecule has 1 aromatic heterocycles. The summed E-state index contributed by atoms with van der Waals surface area (Å²) in [5.41, 5.74) is 0.534. The lowest BCUT2D eigenvalue weighted by Crippen LogP contribution is -2.45. The zero-order valence-corrected chi connectivity index (χ0v) is 18.2. The minimum atomic E-state index is -0.314. The third-order valence-corrected chi connectivity index (χ3v) is 5.86. The average Bonchev–Trinajstić information content (AvgIpc) is 3.24. The quantitative estimate of drug-likeness (QED) is 0.638. The number of aromatic nitrogens is 1. The Bertz CT molecular complexity index is 869. The summed E-state index contributed by atoms with van der Waals surface area (Å²) in [6, 6.07) is 6.96. The maximum Gasteiger partial charge on any atom is 0.240 e. The van der Waals surface area contributed by atoms with Gasteiger partial charge in [0.2, 0.25) is 17.7 Å². The molecular weight excluding hydrogens is 424 g/mol. The highest BCUT2D eigenvalue weighted by Gasteiger charge is 2.23. The van der Waals surface area contributed by atoms with E-state index in [9.17, 15) is 14.4 Å². The Hall–Kier alpha value is -2.45. The maximum absolute atomic E-state index is 12.9. The zero-order valence-electron chi connectivity index (χ0n) is 16.6.